The molecule has 0 aromatic heterocycles. The second kappa shape index (κ2) is 6.61. The number of urea groups is 1. The number of nitrogens with one attached hydrogen (secondary N) is 2. The van der Waals surface area contributed by atoms with E-state index >= 15 is 0 Å². The molecule has 1 fully saturated rings. The molecule has 3 amide bonds. The normalized spacial score (nSPS) is 16.0. The molecular formula is C16H23N3O2. The van der Waals surface area contributed by atoms with Crippen molar-refractivity contribution in [2.75, 3.05) is 19.6 Å². The summed E-state index contributed by atoms with van der Waals surface area (Å²) in [5, 5.41) is 5.75. The molecule has 1 heterocycles. The quantitative estimate of drug-likeness (QED) is 0.885. The van der Waals surface area contributed by atoms with Gasteiger partial charge in [-0.2, -0.15) is 0 Å². The van der Waals surface area contributed by atoms with Crippen LogP contribution in [0.4, 0.5) is 4.79 Å². The van der Waals surface area contributed by atoms with Crippen molar-refractivity contribution in [2.24, 2.45) is 0 Å². The van der Waals surface area contributed by atoms with Gasteiger partial charge in [0.05, 0.1) is 6.04 Å². The first-order valence-electron chi connectivity index (χ1n) is 7.32. The molecule has 1 aliphatic heterocycles. The zero-order chi connectivity index (χ0) is 15.4. The van der Waals surface area contributed by atoms with Crippen molar-refractivity contribution in [3.8, 4) is 0 Å². The van der Waals surface area contributed by atoms with E-state index in [4.69, 9.17) is 0 Å². The highest BCUT2D eigenvalue weighted by Crippen LogP contribution is 2.16. The molecule has 2 rings (SSSR count). The molecule has 1 unspecified atom stereocenters. The maximum absolute atomic E-state index is 12.0. The Bertz CT molecular complexity index is 524. The first-order chi connectivity index (χ1) is 9.95. The lowest BCUT2D eigenvalue weighted by molar-refractivity contribution is -0.120. The molecule has 114 valence electrons. The van der Waals surface area contributed by atoms with Crippen molar-refractivity contribution in [3.05, 3.63) is 35.4 Å². The fourth-order valence-corrected chi connectivity index (χ4v) is 2.47. The zero-order valence-corrected chi connectivity index (χ0v) is 12.8. The Morgan fingerprint density at radius 2 is 2.10 bits per heavy atom. The minimum absolute atomic E-state index is 0.0480. The third-order valence-corrected chi connectivity index (χ3v) is 3.75. The van der Waals surface area contributed by atoms with Gasteiger partial charge in [0.1, 0.15) is 0 Å². The van der Waals surface area contributed by atoms with E-state index in [2.05, 4.69) is 42.7 Å². The lowest BCUT2D eigenvalue weighted by atomic mass is 9.99. The van der Waals surface area contributed by atoms with Gasteiger partial charge in [-0.05, 0) is 18.4 Å². The summed E-state index contributed by atoms with van der Waals surface area (Å²) in [4.78, 5) is 24.6. The van der Waals surface area contributed by atoms with Crippen LogP contribution >= 0.6 is 0 Å². The van der Waals surface area contributed by atoms with Gasteiger partial charge in [0.2, 0.25) is 5.91 Å². The van der Waals surface area contributed by atoms with Crippen LogP contribution in [0.25, 0.3) is 0 Å². The summed E-state index contributed by atoms with van der Waals surface area (Å²) in [5.74, 6) is 0.231. The molecule has 1 atom stereocenters. The van der Waals surface area contributed by atoms with Gasteiger partial charge >= 0.3 is 6.03 Å². The fourth-order valence-electron chi connectivity index (χ4n) is 2.47. The third kappa shape index (κ3) is 4.21. The summed E-state index contributed by atoms with van der Waals surface area (Å²) >= 11 is 0. The Balaban J connectivity index is 1.74. The molecule has 0 spiro atoms. The molecule has 0 saturated carbocycles. The summed E-state index contributed by atoms with van der Waals surface area (Å²) in [5.41, 5.74) is 2.46. The lowest BCUT2D eigenvalue weighted by Crippen LogP contribution is -2.62. The number of amides is 3. The van der Waals surface area contributed by atoms with E-state index in [1.165, 1.54) is 18.1 Å². The van der Waals surface area contributed by atoms with Crippen molar-refractivity contribution < 1.29 is 9.59 Å². The fraction of sp³-hybridized carbons (Fsp3) is 0.500. The number of hydrogen-bond donors (Lipinski definition) is 2. The zero-order valence-electron chi connectivity index (χ0n) is 12.8. The van der Waals surface area contributed by atoms with Crippen LogP contribution in [0.15, 0.2) is 24.3 Å². The molecule has 1 saturated heterocycles. The second-order valence-corrected chi connectivity index (χ2v) is 5.80. The molecule has 2 N–H and O–H groups in total. The number of carbonyl (C=O) groups is 2. The molecule has 21 heavy (non-hydrogen) atoms. The van der Waals surface area contributed by atoms with Gasteiger partial charge in [-0.25, -0.2) is 4.79 Å². The topological polar surface area (TPSA) is 61.4 Å². The number of benzene rings is 1. The van der Waals surface area contributed by atoms with Crippen LogP contribution in [0.3, 0.4) is 0 Å². The summed E-state index contributed by atoms with van der Waals surface area (Å²) in [6.07, 6.45) is 0. The van der Waals surface area contributed by atoms with Crippen molar-refractivity contribution in [1.29, 1.82) is 0 Å². The van der Waals surface area contributed by atoms with Crippen molar-refractivity contribution >= 4 is 11.9 Å². The molecular weight excluding hydrogens is 266 g/mol. The van der Waals surface area contributed by atoms with Crippen molar-refractivity contribution in [3.63, 3.8) is 0 Å². The van der Waals surface area contributed by atoms with Gasteiger partial charge in [-0.3, -0.25) is 4.79 Å². The van der Waals surface area contributed by atoms with Gasteiger partial charge < -0.3 is 15.5 Å². The molecule has 0 aliphatic carbocycles. The van der Waals surface area contributed by atoms with Crippen LogP contribution in [0.1, 0.15) is 30.9 Å². The van der Waals surface area contributed by atoms with E-state index < -0.39 is 0 Å². The van der Waals surface area contributed by atoms with E-state index in [9.17, 15) is 9.59 Å². The summed E-state index contributed by atoms with van der Waals surface area (Å²) in [6, 6.07) is 8.37. The van der Waals surface area contributed by atoms with Crippen molar-refractivity contribution in [2.45, 2.75) is 32.7 Å². The first kappa shape index (κ1) is 15.4. The minimum Gasteiger partial charge on any atom is -0.350 e. The Hall–Kier alpha value is -2.04. The van der Waals surface area contributed by atoms with Gasteiger partial charge in [0, 0.05) is 26.6 Å². The Morgan fingerprint density at radius 3 is 2.71 bits per heavy atom. The van der Waals surface area contributed by atoms with Crippen LogP contribution in [-0.4, -0.2) is 42.5 Å². The maximum atomic E-state index is 12.0. The highest BCUT2D eigenvalue weighted by Gasteiger charge is 2.30. The highest BCUT2D eigenvalue weighted by molar-refractivity contribution is 5.77. The Labute approximate surface area is 125 Å². The maximum Gasteiger partial charge on any atom is 0.317 e. The summed E-state index contributed by atoms with van der Waals surface area (Å²) < 4.78 is 0. The average molecular weight is 289 g/mol. The molecule has 0 bridgehead atoms. The van der Waals surface area contributed by atoms with Crippen LogP contribution in [-0.2, 0) is 4.79 Å². The van der Waals surface area contributed by atoms with Crippen LogP contribution < -0.4 is 10.6 Å². The molecule has 1 aromatic rings. The van der Waals surface area contributed by atoms with E-state index in [0.717, 1.165) is 0 Å². The van der Waals surface area contributed by atoms with Gasteiger partial charge in [-0.15, -0.1) is 0 Å². The largest absolute Gasteiger partial charge is 0.350 e. The van der Waals surface area contributed by atoms with Crippen LogP contribution in [0.5, 0.6) is 0 Å². The first-order valence-corrected chi connectivity index (χ1v) is 7.32. The number of rotatable bonds is 4. The second-order valence-electron chi connectivity index (χ2n) is 5.80. The molecule has 5 nitrogen and oxygen atoms in total. The summed E-state index contributed by atoms with van der Waals surface area (Å²) in [6.45, 7) is 7.45. The standard InChI is InChI=1S/C16H23N3O2/c1-11-5-4-6-14(7-11)12(2)8-17-16(21)19-9-15(10-19)18-13(3)20/h4-7,12,15H,8-10H2,1-3H3,(H,17,21)(H,18,20). The SMILES string of the molecule is CC(=O)NC1CN(C(=O)NCC(C)c2cccc(C)c2)C1. The highest BCUT2D eigenvalue weighted by atomic mass is 16.2. The van der Waals surface area contributed by atoms with Gasteiger partial charge in [0.25, 0.3) is 0 Å². The predicted octanol–water partition coefficient (Wildman–Crippen LogP) is 1.63. The predicted molar refractivity (Wildman–Crippen MR) is 82.2 cm³/mol. The molecule has 0 radical (unpaired) electrons. The number of carbonyl (C=O) groups excluding carboxylic acids is 2. The molecule has 1 aliphatic rings. The number of nitrogens with zero attached hydrogens (tertiary/aromatic N) is 1. The number of likely N-dealkylation sites (tertiary alicyclic amines) is 1. The smallest absolute Gasteiger partial charge is 0.317 e. The minimum atomic E-state index is -0.0592. The summed E-state index contributed by atoms with van der Waals surface area (Å²) in [7, 11) is 0. The average Bonchev–Trinajstić information content (AvgIpc) is 2.39. The molecule has 5 heteroatoms. The molecule has 1 aromatic carbocycles. The van der Waals surface area contributed by atoms with Gasteiger partial charge in [-0.1, -0.05) is 36.8 Å². The number of hydrogen-bond acceptors (Lipinski definition) is 2. The van der Waals surface area contributed by atoms with E-state index in [0.29, 0.717) is 19.6 Å². The number of aryl methyl sites for hydroxylation is 1. The lowest BCUT2D eigenvalue weighted by Gasteiger charge is -2.39. The Morgan fingerprint density at radius 1 is 1.38 bits per heavy atom. The van der Waals surface area contributed by atoms with Gasteiger partial charge in [0.15, 0.2) is 0 Å². The third-order valence-electron chi connectivity index (χ3n) is 3.75. The van der Waals surface area contributed by atoms with Crippen LogP contribution in [0.2, 0.25) is 0 Å². The monoisotopic (exact) mass is 289 g/mol. The Kier molecular flexibility index (Phi) is 4.83. The van der Waals surface area contributed by atoms with E-state index in [1.54, 1.807) is 4.90 Å². The van der Waals surface area contributed by atoms with E-state index in [1.807, 2.05) is 6.07 Å². The van der Waals surface area contributed by atoms with Crippen molar-refractivity contribution in [1.82, 2.24) is 15.5 Å². The van der Waals surface area contributed by atoms with E-state index in [-0.39, 0.29) is 23.9 Å². The van der Waals surface area contributed by atoms with Crippen LogP contribution in [0, 0.1) is 6.92 Å².